The van der Waals surface area contributed by atoms with Crippen molar-refractivity contribution >= 4 is 13.2 Å². The van der Waals surface area contributed by atoms with Crippen molar-refractivity contribution in [2.75, 3.05) is 12.3 Å². The van der Waals surface area contributed by atoms with Crippen molar-refractivity contribution in [2.24, 2.45) is 0 Å². The van der Waals surface area contributed by atoms with E-state index in [1.807, 2.05) is 0 Å². The molecule has 0 radical (unpaired) electrons. The summed E-state index contributed by atoms with van der Waals surface area (Å²) in [5, 5.41) is 1.61. The number of hydrogen-bond donors (Lipinski definition) is 0. The maximum atomic E-state index is 2.39. The molecule has 0 aromatic heterocycles. The summed E-state index contributed by atoms with van der Waals surface area (Å²) in [4.78, 5) is 0. The zero-order chi connectivity index (χ0) is 11.1. The SMILES string of the molecule is CCCCP(CCC)c1cccc(C)c1. The fourth-order valence-corrected chi connectivity index (χ4v) is 4.47. The van der Waals surface area contributed by atoms with Crippen LogP contribution in [0.2, 0.25) is 0 Å². The molecule has 0 aliphatic heterocycles. The maximum Gasteiger partial charge on any atom is -0.0238 e. The number of benzene rings is 1. The summed E-state index contributed by atoms with van der Waals surface area (Å²) in [6.45, 7) is 6.79. The second kappa shape index (κ2) is 7.01. The lowest BCUT2D eigenvalue weighted by molar-refractivity contribution is 0.889. The third-order valence-electron chi connectivity index (χ3n) is 2.64. The molecule has 84 valence electrons. The summed E-state index contributed by atoms with van der Waals surface area (Å²) >= 11 is 0. The first-order chi connectivity index (χ1) is 7.27. The monoisotopic (exact) mass is 222 g/mol. The van der Waals surface area contributed by atoms with E-state index in [2.05, 4.69) is 45.0 Å². The molecule has 1 unspecified atom stereocenters. The lowest BCUT2D eigenvalue weighted by Crippen LogP contribution is -2.06. The molecule has 1 rings (SSSR count). The first kappa shape index (κ1) is 12.7. The summed E-state index contributed by atoms with van der Waals surface area (Å²) in [6, 6.07) is 9.12. The summed E-state index contributed by atoms with van der Waals surface area (Å²) in [6.07, 6.45) is 6.86. The number of rotatable bonds is 6. The third-order valence-corrected chi connectivity index (χ3v) is 5.49. The van der Waals surface area contributed by atoms with Gasteiger partial charge in [0.2, 0.25) is 0 Å². The molecule has 0 fully saturated rings. The highest BCUT2D eigenvalue weighted by molar-refractivity contribution is 7.65. The van der Waals surface area contributed by atoms with Crippen molar-refractivity contribution in [2.45, 2.75) is 40.0 Å². The molecule has 0 aliphatic carbocycles. The molecule has 0 bridgehead atoms. The highest BCUT2D eigenvalue weighted by atomic mass is 31.1. The van der Waals surface area contributed by atoms with Crippen LogP contribution in [-0.2, 0) is 0 Å². The fourth-order valence-electron chi connectivity index (χ4n) is 1.81. The molecule has 0 saturated carbocycles. The second-order valence-corrected chi connectivity index (χ2v) is 6.67. The predicted molar refractivity (Wildman–Crippen MR) is 72.7 cm³/mol. The van der Waals surface area contributed by atoms with Crippen LogP contribution < -0.4 is 5.30 Å². The lowest BCUT2D eigenvalue weighted by Gasteiger charge is -2.17. The van der Waals surface area contributed by atoms with Crippen LogP contribution >= 0.6 is 7.92 Å². The molecule has 1 aromatic carbocycles. The van der Waals surface area contributed by atoms with Gasteiger partial charge in [0.1, 0.15) is 0 Å². The van der Waals surface area contributed by atoms with Crippen LogP contribution in [0, 0.1) is 6.92 Å². The molecule has 0 N–H and O–H groups in total. The molecular formula is C14H23P. The van der Waals surface area contributed by atoms with Gasteiger partial charge in [-0.05, 0) is 31.0 Å². The molecule has 1 aromatic rings. The zero-order valence-electron chi connectivity index (χ0n) is 10.3. The van der Waals surface area contributed by atoms with Gasteiger partial charge < -0.3 is 0 Å². The molecule has 1 heteroatoms. The van der Waals surface area contributed by atoms with E-state index < -0.39 is 0 Å². The minimum Gasteiger partial charge on any atom is -0.0753 e. The van der Waals surface area contributed by atoms with Gasteiger partial charge in [0.25, 0.3) is 0 Å². The van der Waals surface area contributed by atoms with Gasteiger partial charge in [0, 0.05) is 0 Å². The van der Waals surface area contributed by atoms with Crippen LogP contribution in [0.1, 0.15) is 38.7 Å². The standard InChI is InChI=1S/C14H23P/c1-4-6-11-15(10-5-2)14-9-7-8-13(3)12-14/h7-9,12H,4-6,10-11H2,1-3H3. The molecule has 0 saturated heterocycles. The number of unbranched alkanes of at least 4 members (excludes halogenated alkanes) is 1. The number of aryl methyl sites for hydroxylation is 1. The van der Waals surface area contributed by atoms with Gasteiger partial charge in [0.05, 0.1) is 0 Å². The molecule has 1 atom stereocenters. The predicted octanol–water partition coefficient (Wildman–Crippen LogP) is 4.31. The zero-order valence-corrected chi connectivity index (χ0v) is 11.2. The van der Waals surface area contributed by atoms with E-state index in [1.165, 1.54) is 37.1 Å². The molecule has 0 aliphatic rings. The molecule has 15 heavy (non-hydrogen) atoms. The van der Waals surface area contributed by atoms with E-state index in [-0.39, 0.29) is 7.92 Å². The average molecular weight is 222 g/mol. The van der Waals surface area contributed by atoms with E-state index in [0.717, 1.165) is 0 Å². The topological polar surface area (TPSA) is 0 Å². The lowest BCUT2D eigenvalue weighted by atomic mass is 10.2. The van der Waals surface area contributed by atoms with Gasteiger partial charge in [-0.15, -0.1) is 0 Å². The highest BCUT2D eigenvalue weighted by Gasteiger charge is 2.08. The Hall–Kier alpha value is -0.350. The summed E-state index contributed by atoms with van der Waals surface area (Å²) in [7, 11) is 0.122. The largest absolute Gasteiger partial charge is 0.0753 e. The highest BCUT2D eigenvalue weighted by Crippen LogP contribution is 2.36. The first-order valence-corrected chi connectivity index (χ1v) is 7.80. The Balaban J connectivity index is 2.69. The van der Waals surface area contributed by atoms with E-state index in [0.29, 0.717) is 0 Å². The molecule has 0 nitrogen and oxygen atoms in total. The Morgan fingerprint density at radius 2 is 1.87 bits per heavy atom. The van der Waals surface area contributed by atoms with Crippen LogP contribution in [0.4, 0.5) is 0 Å². The maximum absolute atomic E-state index is 2.39. The van der Waals surface area contributed by atoms with Gasteiger partial charge >= 0.3 is 0 Å². The Labute approximate surface area is 95.9 Å². The van der Waals surface area contributed by atoms with E-state index in [4.69, 9.17) is 0 Å². The van der Waals surface area contributed by atoms with Crippen molar-refractivity contribution in [3.8, 4) is 0 Å². The summed E-state index contributed by atoms with van der Waals surface area (Å²) < 4.78 is 0. The van der Waals surface area contributed by atoms with Crippen LogP contribution in [-0.4, -0.2) is 12.3 Å². The van der Waals surface area contributed by atoms with Gasteiger partial charge in [-0.25, -0.2) is 0 Å². The Bertz CT molecular complexity index is 280. The minimum absolute atomic E-state index is 0.122. The van der Waals surface area contributed by atoms with Crippen molar-refractivity contribution in [1.29, 1.82) is 0 Å². The average Bonchev–Trinajstić information content (AvgIpc) is 2.24. The summed E-state index contributed by atoms with van der Waals surface area (Å²) in [5.41, 5.74) is 1.41. The number of hydrogen-bond acceptors (Lipinski definition) is 0. The van der Waals surface area contributed by atoms with Crippen LogP contribution in [0.3, 0.4) is 0 Å². The molecular weight excluding hydrogens is 199 g/mol. The van der Waals surface area contributed by atoms with Crippen molar-refractivity contribution in [3.63, 3.8) is 0 Å². The van der Waals surface area contributed by atoms with Gasteiger partial charge in [-0.2, -0.15) is 0 Å². The van der Waals surface area contributed by atoms with Crippen molar-refractivity contribution < 1.29 is 0 Å². The van der Waals surface area contributed by atoms with Crippen molar-refractivity contribution in [1.82, 2.24) is 0 Å². The van der Waals surface area contributed by atoms with E-state index in [1.54, 1.807) is 5.30 Å². The third kappa shape index (κ3) is 4.34. The second-order valence-electron chi connectivity index (χ2n) is 4.18. The van der Waals surface area contributed by atoms with Gasteiger partial charge in [-0.1, -0.05) is 64.4 Å². The smallest absolute Gasteiger partial charge is 0.0238 e. The molecule has 0 spiro atoms. The normalized spacial score (nSPS) is 12.7. The van der Waals surface area contributed by atoms with Crippen LogP contribution in [0.25, 0.3) is 0 Å². The fraction of sp³-hybridized carbons (Fsp3) is 0.571. The Morgan fingerprint density at radius 1 is 1.07 bits per heavy atom. The quantitative estimate of drug-likeness (QED) is 0.629. The molecule has 0 heterocycles. The summed E-state index contributed by atoms with van der Waals surface area (Å²) in [5.74, 6) is 0. The Kier molecular flexibility index (Phi) is 5.95. The van der Waals surface area contributed by atoms with E-state index >= 15 is 0 Å². The van der Waals surface area contributed by atoms with Crippen LogP contribution in [0.5, 0.6) is 0 Å². The van der Waals surface area contributed by atoms with Gasteiger partial charge in [0.15, 0.2) is 0 Å². The molecule has 0 amide bonds. The van der Waals surface area contributed by atoms with Gasteiger partial charge in [-0.3, -0.25) is 0 Å². The Morgan fingerprint density at radius 3 is 2.47 bits per heavy atom. The van der Waals surface area contributed by atoms with Crippen molar-refractivity contribution in [3.05, 3.63) is 29.8 Å². The van der Waals surface area contributed by atoms with E-state index in [9.17, 15) is 0 Å². The van der Waals surface area contributed by atoms with Crippen LogP contribution in [0.15, 0.2) is 24.3 Å². The minimum atomic E-state index is 0.122. The first-order valence-electron chi connectivity index (χ1n) is 6.09.